The molecule has 1 aliphatic rings. The van der Waals surface area contributed by atoms with Gasteiger partial charge >= 0.3 is 0 Å². The molecule has 0 atom stereocenters. The summed E-state index contributed by atoms with van der Waals surface area (Å²) in [5.74, 6) is 0.110. The fraction of sp³-hybridized carbons (Fsp3) is 0.462. The molecule has 110 valence electrons. The van der Waals surface area contributed by atoms with Gasteiger partial charge in [0.25, 0.3) is 0 Å². The number of amidine groups is 1. The molecule has 7 heteroatoms. The summed E-state index contributed by atoms with van der Waals surface area (Å²) in [6.07, 6.45) is 0. The third kappa shape index (κ3) is 3.41. The van der Waals surface area contributed by atoms with Gasteiger partial charge in [-0.05, 0) is 18.2 Å². The molecule has 0 bridgehead atoms. The molecule has 1 aromatic carbocycles. The number of hydrogen-bond acceptors (Lipinski definition) is 5. The summed E-state index contributed by atoms with van der Waals surface area (Å²) in [7, 11) is 0. The van der Waals surface area contributed by atoms with Gasteiger partial charge in [-0.3, -0.25) is 4.90 Å². The Morgan fingerprint density at radius 3 is 2.60 bits per heavy atom. The lowest BCUT2D eigenvalue weighted by Gasteiger charge is -2.36. The van der Waals surface area contributed by atoms with Crippen LogP contribution in [0.2, 0.25) is 0 Å². The zero-order valence-electron chi connectivity index (χ0n) is 11.2. The van der Waals surface area contributed by atoms with E-state index in [1.807, 2.05) is 18.2 Å². The molecule has 20 heavy (non-hydrogen) atoms. The highest BCUT2D eigenvalue weighted by Gasteiger charge is 2.20. The average Bonchev–Trinajstić information content (AvgIpc) is 2.47. The van der Waals surface area contributed by atoms with Crippen LogP contribution in [0, 0.1) is 0 Å². The maximum absolute atomic E-state index is 8.96. The molecule has 2 rings (SSSR count). The molecule has 1 aliphatic heterocycles. The fourth-order valence-electron chi connectivity index (χ4n) is 2.40. The summed E-state index contributed by atoms with van der Waals surface area (Å²) in [4.78, 5) is 4.44. The maximum Gasteiger partial charge on any atom is 0.172 e. The summed E-state index contributed by atoms with van der Waals surface area (Å²) in [6.45, 7) is 4.40. The molecule has 0 aromatic heterocycles. The van der Waals surface area contributed by atoms with Crippen LogP contribution in [0.25, 0.3) is 0 Å². The first-order chi connectivity index (χ1) is 9.65. The van der Waals surface area contributed by atoms with Gasteiger partial charge in [0.1, 0.15) is 0 Å². The summed E-state index contributed by atoms with van der Waals surface area (Å²) < 4.78 is 0.891. The number of nitrogens with zero attached hydrogens (tertiary/aromatic N) is 3. The Hall–Kier alpha value is -1.31. The van der Waals surface area contributed by atoms with Gasteiger partial charge in [0.05, 0.1) is 6.61 Å². The minimum atomic E-state index is 0.110. The summed E-state index contributed by atoms with van der Waals surface area (Å²) in [5, 5.41) is 21.0. The molecule has 6 nitrogen and oxygen atoms in total. The highest BCUT2D eigenvalue weighted by atomic mass is 79.9. The minimum absolute atomic E-state index is 0.110. The van der Waals surface area contributed by atoms with Crippen LogP contribution in [0.4, 0.5) is 5.69 Å². The van der Waals surface area contributed by atoms with Gasteiger partial charge in [-0.2, -0.15) is 0 Å². The number of rotatable bonds is 4. The molecule has 1 aromatic rings. The van der Waals surface area contributed by atoms with Gasteiger partial charge < -0.3 is 20.9 Å². The monoisotopic (exact) mass is 342 g/mol. The molecule has 0 unspecified atom stereocenters. The van der Waals surface area contributed by atoms with E-state index in [1.165, 1.54) is 0 Å². The number of hydrogen-bond donors (Lipinski definition) is 3. The summed E-state index contributed by atoms with van der Waals surface area (Å²) in [6, 6.07) is 5.77. The van der Waals surface area contributed by atoms with Crippen LogP contribution in [0.15, 0.2) is 27.8 Å². The lowest BCUT2D eigenvalue weighted by atomic mass is 10.1. The molecule has 1 saturated heterocycles. The van der Waals surface area contributed by atoms with Crippen LogP contribution in [-0.2, 0) is 0 Å². The van der Waals surface area contributed by atoms with Crippen molar-refractivity contribution in [3.8, 4) is 0 Å². The number of aliphatic hydroxyl groups is 1. The van der Waals surface area contributed by atoms with Crippen molar-refractivity contribution in [3.05, 3.63) is 28.2 Å². The lowest BCUT2D eigenvalue weighted by molar-refractivity contribution is 0.189. The van der Waals surface area contributed by atoms with Gasteiger partial charge in [0.2, 0.25) is 0 Å². The highest BCUT2D eigenvalue weighted by molar-refractivity contribution is 9.10. The first-order valence-corrected chi connectivity index (χ1v) is 7.30. The molecular formula is C13H19BrN4O2. The smallest absolute Gasteiger partial charge is 0.172 e. The van der Waals surface area contributed by atoms with Gasteiger partial charge in [0, 0.05) is 48.4 Å². The number of halogens is 1. The molecule has 1 heterocycles. The Morgan fingerprint density at radius 1 is 1.30 bits per heavy atom. The van der Waals surface area contributed by atoms with Crippen molar-refractivity contribution in [2.24, 2.45) is 10.9 Å². The Balaban J connectivity index is 2.17. The number of anilines is 1. The van der Waals surface area contributed by atoms with Crippen molar-refractivity contribution in [1.82, 2.24) is 4.90 Å². The van der Waals surface area contributed by atoms with Crippen LogP contribution in [-0.4, -0.2) is 60.4 Å². The highest BCUT2D eigenvalue weighted by Crippen LogP contribution is 2.25. The molecule has 0 saturated carbocycles. The Kier molecular flexibility index (Phi) is 5.22. The van der Waals surface area contributed by atoms with Gasteiger partial charge in [-0.1, -0.05) is 21.1 Å². The van der Waals surface area contributed by atoms with Crippen molar-refractivity contribution >= 4 is 27.5 Å². The molecule has 4 N–H and O–H groups in total. The SMILES string of the molecule is N/C(=N/O)c1cc(Br)ccc1N1CCN(CCO)CC1. The fourth-order valence-corrected chi connectivity index (χ4v) is 2.76. The zero-order chi connectivity index (χ0) is 14.5. The van der Waals surface area contributed by atoms with E-state index in [9.17, 15) is 0 Å². The van der Waals surface area contributed by atoms with Crippen molar-refractivity contribution in [3.63, 3.8) is 0 Å². The first kappa shape index (κ1) is 15.1. The molecular weight excluding hydrogens is 324 g/mol. The number of β-amino-alcohol motifs (C(OH)–C–C–N with tert-alkyl or cyclic N) is 1. The summed E-state index contributed by atoms with van der Waals surface area (Å²) >= 11 is 3.40. The van der Waals surface area contributed by atoms with E-state index in [2.05, 4.69) is 30.9 Å². The van der Waals surface area contributed by atoms with Gasteiger partial charge in [-0.15, -0.1) is 0 Å². The van der Waals surface area contributed by atoms with Gasteiger partial charge in [0.15, 0.2) is 5.84 Å². The quantitative estimate of drug-likeness (QED) is 0.324. The van der Waals surface area contributed by atoms with Crippen LogP contribution in [0.1, 0.15) is 5.56 Å². The predicted octanol–water partition coefficient (Wildman–Crippen LogP) is 0.658. The van der Waals surface area contributed by atoms with Crippen molar-refractivity contribution in [1.29, 1.82) is 0 Å². The van der Waals surface area contributed by atoms with E-state index >= 15 is 0 Å². The lowest BCUT2D eigenvalue weighted by Crippen LogP contribution is -2.47. The second-order valence-corrected chi connectivity index (χ2v) is 5.61. The number of benzene rings is 1. The Bertz CT molecular complexity index is 487. The van der Waals surface area contributed by atoms with Crippen molar-refractivity contribution < 1.29 is 10.3 Å². The minimum Gasteiger partial charge on any atom is -0.409 e. The molecule has 0 aliphatic carbocycles. The molecule has 0 spiro atoms. The van der Waals surface area contributed by atoms with Crippen molar-refractivity contribution in [2.75, 3.05) is 44.2 Å². The second-order valence-electron chi connectivity index (χ2n) is 4.70. The maximum atomic E-state index is 8.96. The standard InChI is InChI=1S/C13H19BrN4O2/c14-10-1-2-12(11(9-10)13(15)16-20)18-5-3-17(4-6-18)7-8-19/h1-2,9,19-20H,3-8H2,(H2,15,16). The Labute approximate surface area is 126 Å². The predicted molar refractivity (Wildman–Crippen MR) is 82.4 cm³/mol. The van der Waals surface area contributed by atoms with Crippen LogP contribution in [0.3, 0.4) is 0 Å². The average molecular weight is 343 g/mol. The normalized spacial score (nSPS) is 17.5. The number of nitrogens with two attached hydrogens (primary N) is 1. The zero-order valence-corrected chi connectivity index (χ0v) is 12.8. The molecule has 1 fully saturated rings. The van der Waals surface area contributed by atoms with Crippen molar-refractivity contribution in [2.45, 2.75) is 0 Å². The van der Waals surface area contributed by atoms with E-state index in [0.29, 0.717) is 6.54 Å². The van der Waals surface area contributed by atoms with Crippen LogP contribution < -0.4 is 10.6 Å². The third-order valence-electron chi connectivity index (χ3n) is 3.47. The number of piperazine rings is 1. The summed E-state index contributed by atoms with van der Waals surface area (Å²) in [5.41, 5.74) is 7.44. The number of oxime groups is 1. The molecule has 0 amide bonds. The van der Waals surface area contributed by atoms with E-state index in [-0.39, 0.29) is 12.4 Å². The first-order valence-electron chi connectivity index (χ1n) is 6.51. The third-order valence-corrected chi connectivity index (χ3v) is 3.96. The second kappa shape index (κ2) is 6.92. The Morgan fingerprint density at radius 2 is 2.00 bits per heavy atom. The van der Waals surface area contributed by atoms with E-state index in [0.717, 1.165) is 41.9 Å². The van der Waals surface area contributed by atoms with E-state index in [1.54, 1.807) is 0 Å². The largest absolute Gasteiger partial charge is 0.409 e. The van der Waals surface area contributed by atoms with E-state index < -0.39 is 0 Å². The van der Waals surface area contributed by atoms with Crippen LogP contribution in [0.5, 0.6) is 0 Å². The topological polar surface area (TPSA) is 85.3 Å². The van der Waals surface area contributed by atoms with Crippen LogP contribution >= 0.6 is 15.9 Å². The molecule has 0 radical (unpaired) electrons. The van der Waals surface area contributed by atoms with Gasteiger partial charge in [-0.25, -0.2) is 0 Å². The number of aliphatic hydroxyl groups excluding tert-OH is 1. The van der Waals surface area contributed by atoms with E-state index in [4.69, 9.17) is 16.0 Å².